The van der Waals surface area contributed by atoms with Crippen LogP contribution in [0, 0.1) is 5.92 Å². The minimum Gasteiger partial charge on any atom is -0.396 e. The maximum absolute atomic E-state index is 12.0. The number of likely N-dealkylation sites (tertiary alicyclic amines) is 1. The second-order valence-corrected chi connectivity index (χ2v) is 5.76. The van der Waals surface area contributed by atoms with Crippen LogP contribution in [0.4, 0.5) is 4.79 Å². The van der Waals surface area contributed by atoms with Gasteiger partial charge >= 0.3 is 6.03 Å². The smallest absolute Gasteiger partial charge is 0.317 e. The van der Waals surface area contributed by atoms with Crippen LogP contribution in [0.2, 0.25) is 0 Å². The Labute approximate surface area is 127 Å². The Morgan fingerprint density at radius 2 is 1.95 bits per heavy atom. The van der Waals surface area contributed by atoms with Crippen LogP contribution >= 0.6 is 0 Å². The van der Waals surface area contributed by atoms with Gasteiger partial charge < -0.3 is 15.3 Å². The molecule has 0 spiro atoms. The predicted octanol–water partition coefficient (Wildman–Crippen LogP) is 2.42. The van der Waals surface area contributed by atoms with E-state index in [-0.39, 0.29) is 12.6 Å². The third-order valence-electron chi connectivity index (χ3n) is 4.20. The molecule has 0 radical (unpaired) electrons. The van der Waals surface area contributed by atoms with Gasteiger partial charge in [0.1, 0.15) is 0 Å². The van der Waals surface area contributed by atoms with Crippen molar-refractivity contribution in [1.82, 2.24) is 10.2 Å². The minimum atomic E-state index is 0.0607. The highest BCUT2D eigenvalue weighted by atomic mass is 16.3. The van der Waals surface area contributed by atoms with E-state index in [9.17, 15) is 4.79 Å². The third-order valence-corrected chi connectivity index (χ3v) is 4.20. The molecule has 0 aliphatic carbocycles. The van der Waals surface area contributed by atoms with Gasteiger partial charge in [-0.1, -0.05) is 30.3 Å². The first-order valence-corrected chi connectivity index (χ1v) is 7.97. The number of rotatable bonds is 6. The quantitative estimate of drug-likeness (QED) is 0.791. The molecule has 0 unspecified atom stereocenters. The van der Waals surface area contributed by atoms with Gasteiger partial charge in [0.2, 0.25) is 0 Å². The molecular weight excluding hydrogens is 264 g/mol. The molecule has 1 heterocycles. The minimum absolute atomic E-state index is 0.0607. The number of urea groups is 1. The molecule has 4 heteroatoms. The molecule has 0 atom stereocenters. The highest BCUT2D eigenvalue weighted by Gasteiger charge is 2.21. The summed E-state index contributed by atoms with van der Waals surface area (Å²) in [6, 6.07) is 10.4. The van der Waals surface area contributed by atoms with Gasteiger partial charge in [-0.05, 0) is 43.6 Å². The lowest BCUT2D eigenvalue weighted by Gasteiger charge is -2.31. The Morgan fingerprint density at radius 1 is 1.24 bits per heavy atom. The molecule has 0 bridgehead atoms. The zero-order valence-corrected chi connectivity index (χ0v) is 12.6. The van der Waals surface area contributed by atoms with Crippen molar-refractivity contribution in [3.8, 4) is 0 Å². The zero-order chi connectivity index (χ0) is 14.9. The third kappa shape index (κ3) is 5.38. The second kappa shape index (κ2) is 8.67. The number of aliphatic hydroxyl groups is 1. The summed E-state index contributed by atoms with van der Waals surface area (Å²) >= 11 is 0. The first kappa shape index (κ1) is 15.8. The van der Waals surface area contributed by atoms with Crippen molar-refractivity contribution in [3.05, 3.63) is 35.9 Å². The molecule has 0 aromatic heterocycles. The molecular formula is C17H26N2O2. The Hall–Kier alpha value is -1.55. The number of carbonyl (C=O) groups excluding carboxylic acids is 1. The molecule has 4 nitrogen and oxygen atoms in total. The standard InChI is InChI=1S/C17H26N2O2/c20-14-10-16-8-12-19(13-9-16)17(21)18-11-4-7-15-5-2-1-3-6-15/h1-3,5-6,16,20H,4,7-14H2,(H,18,21). The SMILES string of the molecule is O=C(NCCCc1ccccc1)N1CCC(CCO)CC1. The Balaban J connectivity index is 1.60. The van der Waals surface area contributed by atoms with E-state index in [1.807, 2.05) is 23.1 Å². The van der Waals surface area contributed by atoms with Crippen molar-refractivity contribution in [2.45, 2.75) is 32.1 Å². The van der Waals surface area contributed by atoms with Gasteiger partial charge in [-0.15, -0.1) is 0 Å². The summed E-state index contributed by atoms with van der Waals surface area (Å²) in [5.41, 5.74) is 1.32. The summed E-state index contributed by atoms with van der Waals surface area (Å²) in [5, 5.41) is 11.9. The summed E-state index contributed by atoms with van der Waals surface area (Å²) in [4.78, 5) is 13.9. The van der Waals surface area contributed by atoms with E-state index in [1.54, 1.807) is 0 Å². The number of piperidine rings is 1. The van der Waals surface area contributed by atoms with Crippen molar-refractivity contribution < 1.29 is 9.90 Å². The van der Waals surface area contributed by atoms with Crippen LogP contribution in [-0.4, -0.2) is 42.3 Å². The van der Waals surface area contributed by atoms with Gasteiger partial charge in [-0.25, -0.2) is 4.79 Å². The predicted molar refractivity (Wildman–Crippen MR) is 84.2 cm³/mol. The topological polar surface area (TPSA) is 52.6 Å². The summed E-state index contributed by atoms with van der Waals surface area (Å²) in [5.74, 6) is 0.581. The first-order chi connectivity index (χ1) is 10.3. The number of amides is 2. The number of nitrogens with zero attached hydrogens (tertiary/aromatic N) is 1. The van der Waals surface area contributed by atoms with Crippen LogP contribution in [0.1, 0.15) is 31.2 Å². The van der Waals surface area contributed by atoms with Gasteiger partial charge in [-0.2, -0.15) is 0 Å². The number of aryl methyl sites for hydroxylation is 1. The van der Waals surface area contributed by atoms with Crippen molar-refractivity contribution >= 4 is 6.03 Å². The van der Waals surface area contributed by atoms with E-state index in [0.717, 1.165) is 51.7 Å². The molecule has 2 rings (SSSR count). The summed E-state index contributed by atoms with van der Waals surface area (Å²) < 4.78 is 0. The number of hydrogen-bond donors (Lipinski definition) is 2. The van der Waals surface area contributed by atoms with Gasteiger partial charge in [-0.3, -0.25) is 0 Å². The summed E-state index contributed by atoms with van der Waals surface area (Å²) in [6.45, 7) is 2.62. The summed E-state index contributed by atoms with van der Waals surface area (Å²) in [7, 11) is 0. The van der Waals surface area contributed by atoms with Crippen molar-refractivity contribution in [1.29, 1.82) is 0 Å². The van der Waals surface area contributed by atoms with Crippen LogP contribution in [-0.2, 0) is 6.42 Å². The first-order valence-electron chi connectivity index (χ1n) is 7.97. The average Bonchev–Trinajstić information content (AvgIpc) is 2.53. The second-order valence-electron chi connectivity index (χ2n) is 5.76. The lowest BCUT2D eigenvalue weighted by Crippen LogP contribution is -2.44. The molecule has 2 amide bonds. The summed E-state index contributed by atoms with van der Waals surface area (Å²) in [6.07, 6.45) is 4.86. The number of nitrogens with one attached hydrogen (secondary N) is 1. The molecule has 116 valence electrons. The van der Waals surface area contributed by atoms with E-state index in [2.05, 4.69) is 17.4 Å². The number of benzene rings is 1. The average molecular weight is 290 g/mol. The van der Waals surface area contributed by atoms with Crippen LogP contribution in [0.25, 0.3) is 0 Å². The lowest BCUT2D eigenvalue weighted by molar-refractivity contribution is 0.157. The van der Waals surface area contributed by atoms with Crippen molar-refractivity contribution in [3.63, 3.8) is 0 Å². The Bertz CT molecular complexity index is 414. The molecule has 1 aliphatic rings. The van der Waals surface area contributed by atoms with Crippen LogP contribution in [0.15, 0.2) is 30.3 Å². The van der Waals surface area contributed by atoms with Crippen molar-refractivity contribution in [2.24, 2.45) is 5.92 Å². The van der Waals surface area contributed by atoms with E-state index in [1.165, 1.54) is 5.56 Å². The van der Waals surface area contributed by atoms with E-state index < -0.39 is 0 Å². The number of hydrogen-bond acceptors (Lipinski definition) is 2. The molecule has 1 saturated heterocycles. The molecule has 1 fully saturated rings. The van der Waals surface area contributed by atoms with E-state index in [0.29, 0.717) is 5.92 Å². The van der Waals surface area contributed by atoms with Crippen LogP contribution in [0.3, 0.4) is 0 Å². The zero-order valence-electron chi connectivity index (χ0n) is 12.6. The molecule has 1 aromatic rings. The number of aliphatic hydroxyl groups excluding tert-OH is 1. The lowest BCUT2D eigenvalue weighted by atomic mass is 9.94. The molecule has 2 N–H and O–H groups in total. The molecule has 21 heavy (non-hydrogen) atoms. The van der Waals surface area contributed by atoms with E-state index >= 15 is 0 Å². The highest BCUT2D eigenvalue weighted by Crippen LogP contribution is 2.19. The fourth-order valence-corrected chi connectivity index (χ4v) is 2.85. The molecule has 1 aliphatic heterocycles. The van der Waals surface area contributed by atoms with E-state index in [4.69, 9.17) is 5.11 Å². The van der Waals surface area contributed by atoms with Gasteiger partial charge in [0.15, 0.2) is 0 Å². The Morgan fingerprint density at radius 3 is 2.62 bits per heavy atom. The van der Waals surface area contributed by atoms with Gasteiger partial charge in [0.25, 0.3) is 0 Å². The normalized spacial score (nSPS) is 16.0. The maximum atomic E-state index is 12.0. The van der Waals surface area contributed by atoms with Crippen molar-refractivity contribution in [2.75, 3.05) is 26.2 Å². The maximum Gasteiger partial charge on any atom is 0.317 e. The molecule has 1 aromatic carbocycles. The fraction of sp³-hybridized carbons (Fsp3) is 0.588. The monoisotopic (exact) mass is 290 g/mol. The Kier molecular flexibility index (Phi) is 6.54. The largest absolute Gasteiger partial charge is 0.396 e. The fourth-order valence-electron chi connectivity index (χ4n) is 2.85. The molecule has 0 saturated carbocycles. The number of carbonyl (C=O) groups is 1. The van der Waals surface area contributed by atoms with Crippen LogP contribution < -0.4 is 5.32 Å². The van der Waals surface area contributed by atoms with Gasteiger partial charge in [0, 0.05) is 26.2 Å². The highest BCUT2D eigenvalue weighted by molar-refractivity contribution is 5.74. The van der Waals surface area contributed by atoms with Gasteiger partial charge in [0.05, 0.1) is 0 Å². The van der Waals surface area contributed by atoms with Crippen LogP contribution in [0.5, 0.6) is 0 Å².